The Bertz CT molecular complexity index is 850. The van der Waals surface area contributed by atoms with E-state index in [2.05, 4.69) is 0 Å². The Balaban J connectivity index is 0. The molecule has 284 valence electrons. The molecular weight excluding hydrogens is 656 g/mol. The van der Waals surface area contributed by atoms with Gasteiger partial charge in [-0.15, -0.1) is 0 Å². The molecule has 0 spiro atoms. The fourth-order valence-electron chi connectivity index (χ4n) is 4.31. The van der Waals surface area contributed by atoms with Crippen molar-refractivity contribution < 1.29 is 89.2 Å². The SMILES string of the molecule is CC(=O)O.CC(=O)O.CC(=O)O.CC(=O)O.NC[C@H]1O[C@H](O[C@@H]2C[C@@H](O[C@H]3O[C@H](CO)[C@@H](O)[C@H](N)[C@H]3O)[C@H](N)C[C@H]2N)[C@H](O)[C@@H](O)[C@@H]1O. The van der Waals surface area contributed by atoms with E-state index in [1.54, 1.807) is 0 Å². The maximum absolute atomic E-state index is 10.3. The van der Waals surface area contributed by atoms with Crippen LogP contribution in [0.15, 0.2) is 0 Å². The van der Waals surface area contributed by atoms with Crippen LogP contribution in [0, 0.1) is 0 Å². The summed E-state index contributed by atoms with van der Waals surface area (Å²) in [5, 5.41) is 89.6. The minimum Gasteiger partial charge on any atom is -0.481 e. The van der Waals surface area contributed by atoms with Gasteiger partial charge >= 0.3 is 0 Å². The topological polar surface area (TPSA) is 412 Å². The highest BCUT2D eigenvalue weighted by Crippen LogP contribution is 2.30. The molecule has 2 aliphatic heterocycles. The quantitative estimate of drug-likeness (QED) is 0.122. The van der Waals surface area contributed by atoms with Gasteiger partial charge in [0.05, 0.1) is 24.9 Å². The van der Waals surface area contributed by atoms with E-state index in [4.69, 9.17) is 81.5 Å². The summed E-state index contributed by atoms with van der Waals surface area (Å²) in [4.78, 5) is 36.0. The first-order chi connectivity index (χ1) is 22.0. The standard InChI is InChI=1S/C18H36N4O10.4C2H4O2/c19-3-9-13(25)15(27)16(28)18(31-9)30-8-2-7(5(20)1-6(8)21)29-17-14(26)11(22)12(24)10(4-23)32-17;4*1-2(3)4/h5-18,23-28H,1-4,19-22H2;4*1H3,(H,3,4)/t5-,6-,7-,8-,9-,10-,11+,12-,13-,14-,15+,16-,17+,18+;;;;/m1..../s1. The smallest absolute Gasteiger partial charge is 0.300 e. The van der Waals surface area contributed by atoms with Crippen LogP contribution in [0.25, 0.3) is 0 Å². The summed E-state index contributed by atoms with van der Waals surface area (Å²) in [6.07, 6.45) is -12.7. The Kier molecular flexibility index (Phi) is 23.4. The van der Waals surface area contributed by atoms with E-state index in [0.29, 0.717) is 0 Å². The van der Waals surface area contributed by atoms with Crippen molar-refractivity contribution in [2.45, 2.75) is 126 Å². The molecule has 22 nitrogen and oxygen atoms in total. The van der Waals surface area contributed by atoms with Gasteiger partial charge in [-0.1, -0.05) is 0 Å². The predicted molar refractivity (Wildman–Crippen MR) is 160 cm³/mol. The van der Waals surface area contributed by atoms with Crippen molar-refractivity contribution in [2.24, 2.45) is 22.9 Å². The number of nitrogens with two attached hydrogens (primary N) is 4. The molecular formula is C26H52N4O18. The highest BCUT2D eigenvalue weighted by Gasteiger charge is 2.48. The molecule has 0 amide bonds. The first kappa shape index (κ1) is 47.4. The van der Waals surface area contributed by atoms with E-state index in [0.717, 1.165) is 27.7 Å². The number of carboxylic acids is 4. The lowest BCUT2D eigenvalue weighted by molar-refractivity contribution is -0.318. The molecule has 3 fully saturated rings. The molecule has 48 heavy (non-hydrogen) atoms. The van der Waals surface area contributed by atoms with Crippen molar-refractivity contribution in [2.75, 3.05) is 13.2 Å². The Morgan fingerprint density at radius 2 is 0.958 bits per heavy atom. The molecule has 0 aromatic rings. The molecule has 3 rings (SSSR count). The van der Waals surface area contributed by atoms with Crippen molar-refractivity contribution in [1.82, 2.24) is 0 Å². The van der Waals surface area contributed by atoms with Gasteiger partial charge in [-0.2, -0.15) is 0 Å². The summed E-state index contributed by atoms with van der Waals surface area (Å²) in [6.45, 7) is 3.70. The third-order valence-corrected chi connectivity index (χ3v) is 6.42. The van der Waals surface area contributed by atoms with E-state index < -0.39 is 116 Å². The van der Waals surface area contributed by atoms with E-state index in [1.165, 1.54) is 0 Å². The van der Waals surface area contributed by atoms with Gasteiger partial charge < -0.3 is 92.9 Å². The van der Waals surface area contributed by atoms with Crippen LogP contribution < -0.4 is 22.9 Å². The zero-order valence-corrected chi connectivity index (χ0v) is 27.0. The van der Waals surface area contributed by atoms with E-state index in [1.807, 2.05) is 0 Å². The summed E-state index contributed by atoms with van der Waals surface area (Å²) >= 11 is 0. The number of ether oxygens (including phenoxy) is 4. The van der Waals surface area contributed by atoms with E-state index >= 15 is 0 Å². The van der Waals surface area contributed by atoms with Crippen molar-refractivity contribution in [3.8, 4) is 0 Å². The number of hydrogen-bond donors (Lipinski definition) is 14. The molecule has 0 aromatic carbocycles. The maximum Gasteiger partial charge on any atom is 0.300 e. The third kappa shape index (κ3) is 18.2. The van der Waals surface area contributed by atoms with Gasteiger partial charge in [0.1, 0.15) is 42.7 Å². The Morgan fingerprint density at radius 3 is 1.31 bits per heavy atom. The second-order valence-electron chi connectivity index (χ2n) is 10.8. The zero-order chi connectivity index (χ0) is 38.0. The highest BCUT2D eigenvalue weighted by molar-refractivity contribution is 5.63. The second kappa shape index (κ2) is 23.6. The van der Waals surface area contributed by atoms with Gasteiger partial charge in [-0.05, 0) is 6.42 Å². The fraction of sp³-hybridized carbons (Fsp3) is 0.846. The molecule has 14 atom stereocenters. The second-order valence-corrected chi connectivity index (χ2v) is 10.8. The molecule has 1 aliphatic carbocycles. The minimum atomic E-state index is -1.54. The molecule has 2 heterocycles. The van der Waals surface area contributed by atoms with Gasteiger partial charge in [0.2, 0.25) is 0 Å². The molecule has 3 aliphatic rings. The minimum absolute atomic E-state index is 0.104. The number of rotatable bonds is 6. The van der Waals surface area contributed by atoms with Crippen LogP contribution in [0.2, 0.25) is 0 Å². The third-order valence-electron chi connectivity index (χ3n) is 6.42. The molecule has 0 unspecified atom stereocenters. The normalized spacial score (nSPS) is 37.2. The Hall–Kier alpha value is -2.68. The van der Waals surface area contributed by atoms with Crippen LogP contribution in [-0.4, -0.2) is 174 Å². The average Bonchev–Trinajstić information content (AvgIpc) is 2.94. The lowest BCUT2D eigenvalue weighted by Crippen LogP contribution is -2.65. The maximum atomic E-state index is 10.3. The molecule has 2 saturated heterocycles. The number of carboxylic acid groups (broad SMARTS) is 4. The lowest BCUT2D eigenvalue weighted by Gasteiger charge is -2.46. The molecule has 0 bridgehead atoms. The number of hydrogen-bond acceptors (Lipinski definition) is 18. The molecule has 1 saturated carbocycles. The summed E-state index contributed by atoms with van der Waals surface area (Å²) in [5.41, 5.74) is 23.7. The predicted octanol–water partition coefficient (Wildman–Crippen LogP) is -5.90. The zero-order valence-electron chi connectivity index (χ0n) is 27.0. The van der Waals surface area contributed by atoms with Gasteiger partial charge in [0.25, 0.3) is 23.9 Å². The fourth-order valence-corrected chi connectivity index (χ4v) is 4.31. The van der Waals surface area contributed by atoms with Gasteiger partial charge in [-0.25, -0.2) is 0 Å². The van der Waals surface area contributed by atoms with Gasteiger partial charge in [0.15, 0.2) is 12.6 Å². The van der Waals surface area contributed by atoms with Crippen molar-refractivity contribution in [3.05, 3.63) is 0 Å². The summed E-state index contributed by atoms with van der Waals surface area (Å²) < 4.78 is 22.6. The average molecular weight is 709 g/mol. The van der Waals surface area contributed by atoms with Crippen LogP contribution in [0.5, 0.6) is 0 Å². The van der Waals surface area contributed by atoms with Crippen molar-refractivity contribution in [3.63, 3.8) is 0 Å². The monoisotopic (exact) mass is 708 g/mol. The Morgan fingerprint density at radius 1 is 0.604 bits per heavy atom. The van der Waals surface area contributed by atoms with Crippen LogP contribution in [0.1, 0.15) is 40.5 Å². The van der Waals surface area contributed by atoms with E-state index in [-0.39, 0.29) is 19.4 Å². The Labute approximate surface area is 275 Å². The highest BCUT2D eigenvalue weighted by atomic mass is 16.7. The largest absolute Gasteiger partial charge is 0.481 e. The van der Waals surface area contributed by atoms with Crippen LogP contribution >= 0.6 is 0 Å². The van der Waals surface area contributed by atoms with Crippen molar-refractivity contribution >= 4 is 23.9 Å². The first-order valence-corrected chi connectivity index (χ1v) is 14.4. The molecule has 0 aromatic heterocycles. The number of aliphatic carboxylic acids is 4. The van der Waals surface area contributed by atoms with Crippen LogP contribution in [0.3, 0.4) is 0 Å². The van der Waals surface area contributed by atoms with Crippen molar-refractivity contribution in [1.29, 1.82) is 0 Å². The summed E-state index contributed by atoms with van der Waals surface area (Å²) in [6, 6.07) is -2.22. The molecule has 0 radical (unpaired) electrons. The summed E-state index contributed by atoms with van der Waals surface area (Å²) in [5.74, 6) is -3.33. The van der Waals surface area contributed by atoms with Crippen LogP contribution in [-0.2, 0) is 38.1 Å². The van der Waals surface area contributed by atoms with E-state index in [9.17, 15) is 30.6 Å². The number of carbonyl (C=O) groups is 4. The van der Waals surface area contributed by atoms with Gasteiger partial charge in [0, 0.05) is 52.7 Å². The first-order valence-electron chi connectivity index (χ1n) is 14.4. The number of aliphatic hydroxyl groups is 6. The van der Waals surface area contributed by atoms with Gasteiger partial charge in [-0.3, -0.25) is 19.2 Å². The molecule has 22 heteroatoms. The molecule has 18 N–H and O–H groups in total. The summed E-state index contributed by atoms with van der Waals surface area (Å²) in [7, 11) is 0. The van der Waals surface area contributed by atoms with Crippen LogP contribution in [0.4, 0.5) is 0 Å². The number of aliphatic hydroxyl groups excluding tert-OH is 6. The lowest BCUT2D eigenvalue weighted by atomic mass is 9.86.